The van der Waals surface area contributed by atoms with Crippen LogP contribution < -0.4 is 0 Å². The van der Waals surface area contributed by atoms with Crippen molar-refractivity contribution >= 4 is 0 Å². The first-order chi connectivity index (χ1) is 5.47. The van der Waals surface area contributed by atoms with Gasteiger partial charge in [-0.25, -0.2) is 0 Å². The molecule has 74 valence electrons. The van der Waals surface area contributed by atoms with Gasteiger partial charge in [0.05, 0.1) is 6.10 Å². The fraction of sp³-hybridized carbons (Fsp3) is 1.00. The Labute approximate surface area is 68.7 Å². The summed E-state index contributed by atoms with van der Waals surface area (Å²) in [7, 11) is 1.16. The second-order valence-corrected chi connectivity index (χ2v) is 2.48. The molecule has 0 N–H and O–H groups in total. The first kappa shape index (κ1) is 11.7. The first-order valence-electron chi connectivity index (χ1n) is 3.62. The van der Waals surface area contributed by atoms with E-state index in [-0.39, 0.29) is 6.42 Å². The van der Waals surface area contributed by atoms with Gasteiger partial charge in [0.2, 0.25) is 0 Å². The Morgan fingerprint density at radius 2 is 1.83 bits per heavy atom. The molecule has 12 heavy (non-hydrogen) atoms. The smallest absolute Gasteiger partial charge is 0.381 e. The van der Waals surface area contributed by atoms with Crippen LogP contribution in [-0.2, 0) is 4.74 Å². The molecule has 0 saturated carbocycles. The summed E-state index contributed by atoms with van der Waals surface area (Å²) in [5, 5.41) is 0. The second kappa shape index (κ2) is 4.64. The fourth-order valence-corrected chi connectivity index (χ4v) is 1.01. The minimum Gasteiger partial charge on any atom is -0.381 e. The van der Waals surface area contributed by atoms with Crippen molar-refractivity contribution in [1.29, 1.82) is 0 Å². The van der Waals surface area contributed by atoms with Crippen molar-refractivity contribution in [2.45, 2.75) is 25.6 Å². The average molecular weight is 188 g/mol. The van der Waals surface area contributed by atoms with Gasteiger partial charge in [-0.15, -0.1) is 0 Å². The highest BCUT2D eigenvalue weighted by Gasteiger charge is 2.44. The third-order valence-corrected chi connectivity index (χ3v) is 1.74. The number of alkyl halides is 4. The van der Waals surface area contributed by atoms with Gasteiger partial charge in [0.25, 0.3) is 0 Å². The highest BCUT2D eigenvalue weighted by molar-refractivity contribution is 4.75. The van der Waals surface area contributed by atoms with Crippen molar-refractivity contribution in [3.63, 3.8) is 0 Å². The molecule has 0 aromatic carbocycles. The number of ether oxygens (including phenoxy) is 1. The Hall–Kier alpha value is -0.320. The maximum absolute atomic E-state index is 12.0. The van der Waals surface area contributed by atoms with E-state index in [1.807, 2.05) is 0 Å². The fourth-order valence-electron chi connectivity index (χ4n) is 1.01. The molecular weight excluding hydrogens is 176 g/mol. The molecule has 5 heteroatoms. The van der Waals surface area contributed by atoms with E-state index in [0.717, 1.165) is 7.11 Å². The van der Waals surface area contributed by atoms with E-state index in [0.29, 0.717) is 0 Å². The third kappa shape index (κ3) is 2.97. The van der Waals surface area contributed by atoms with Gasteiger partial charge in [-0.2, -0.15) is 13.2 Å². The van der Waals surface area contributed by atoms with Crippen LogP contribution in [0.4, 0.5) is 17.6 Å². The highest BCUT2D eigenvalue weighted by Crippen LogP contribution is 2.31. The molecule has 0 aliphatic carbocycles. The minimum absolute atomic E-state index is 0.157. The van der Waals surface area contributed by atoms with Crippen LogP contribution in [0.2, 0.25) is 0 Å². The molecule has 0 amide bonds. The van der Waals surface area contributed by atoms with Crippen LogP contribution >= 0.6 is 0 Å². The molecule has 0 aliphatic heterocycles. The summed E-state index contributed by atoms with van der Waals surface area (Å²) in [4.78, 5) is 0. The summed E-state index contributed by atoms with van der Waals surface area (Å²) in [5.74, 6) is -1.99. The maximum Gasteiger partial charge on any atom is 0.396 e. The van der Waals surface area contributed by atoms with E-state index >= 15 is 0 Å². The molecule has 0 heterocycles. The van der Waals surface area contributed by atoms with Crippen LogP contribution in [0.25, 0.3) is 0 Å². The van der Waals surface area contributed by atoms with Gasteiger partial charge < -0.3 is 4.74 Å². The molecule has 2 unspecified atom stereocenters. The van der Waals surface area contributed by atoms with Crippen LogP contribution in [0.5, 0.6) is 0 Å². The number of halogens is 4. The quantitative estimate of drug-likeness (QED) is 0.616. The van der Waals surface area contributed by atoms with E-state index in [4.69, 9.17) is 0 Å². The van der Waals surface area contributed by atoms with Gasteiger partial charge in [0.1, 0.15) is 12.6 Å². The van der Waals surface area contributed by atoms with Gasteiger partial charge in [0.15, 0.2) is 0 Å². The largest absolute Gasteiger partial charge is 0.396 e. The number of methoxy groups -OCH3 is 1. The van der Waals surface area contributed by atoms with Crippen LogP contribution in [0.3, 0.4) is 0 Å². The molecule has 0 rings (SSSR count). The zero-order valence-electron chi connectivity index (χ0n) is 6.99. The second-order valence-electron chi connectivity index (χ2n) is 2.48. The van der Waals surface area contributed by atoms with Crippen molar-refractivity contribution in [3.05, 3.63) is 0 Å². The van der Waals surface area contributed by atoms with E-state index in [2.05, 4.69) is 4.74 Å². The summed E-state index contributed by atoms with van der Waals surface area (Å²) >= 11 is 0. The molecule has 0 aromatic heterocycles. The minimum atomic E-state index is -4.51. The Morgan fingerprint density at radius 1 is 1.33 bits per heavy atom. The van der Waals surface area contributed by atoms with Crippen molar-refractivity contribution in [3.8, 4) is 0 Å². The monoisotopic (exact) mass is 188 g/mol. The van der Waals surface area contributed by atoms with Crippen molar-refractivity contribution in [2.75, 3.05) is 13.8 Å². The van der Waals surface area contributed by atoms with Crippen LogP contribution in [0.15, 0.2) is 0 Å². The lowest BCUT2D eigenvalue weighted by molar-refractivity contribution is -0.207. The Kier molecular flexibility index (Phi) is 4.52. The molecule has 0 spiro atoms. The number of rotatable bonds is 4. The molecular formula is C7H12F4O. The lowest BCUT2D eigenvalue weighted by Gasteiger charge is -2.24. The normalized spacial score (nSPS) is 17.5. The van der Waals surface area contributed by atoms with Crippen molar-refractivity contribution in [1.82, 2.24) is 0 Å². The van der Waals surface area contributed by atoms with E-state index in [9.17, 15) is 17.6 Å². The van der Waals surface area contributed by atoms with Crippen LogP contribution in [-0.4, -0.2) is 26.1 Å². The number of hydrogen-bond donors (Lipinski definition) is 0. The summed E-state index contributed by atoms with van der Waals surface area (Å²) < 4.78 is 52.6. The Morgan fingerprint density at radius 3 is 1.92 bits per heavy atom. The lowest BCUT2D eigenvalue weighted by Crippen LogP contribution is -2.36. The van der Waals surface area contributed by atoms with E-state index < -0.39 is 24.9 Å². The Bertz CT molecular complexity index is 119. The van der Waals surface area contributed by atoms with Crippen LogP contribution in [0.1, 0.15) is 13.3 Å². The molecule has 0 bridgehead atoms. The van der Waals surface area contributed by atoms with Gasteiger partial charge in [-0.3, -0.25) is 4.39 Å². The standard InChI is InChI=1S/C7H12F4O/c1-3-6(12-2)5(4-8)7(9,10)11/h5-6H,3-4H2,1-2H3. The van der Waals surface area contributed by atoms with Gasteiger partial charge in [-0.05, 0) is 6.42 Å². The third-order valence-electron chi connectivity index (χ3n) is 1.74. The lowest BCUT2D eigenvalue weighted by atomic mass is 10.0. The molecule has 0 aromatic rings. The maximum atomic E-state index is 12.0. The predicted octanol–water partition coefficient (Wildman–Crippen LogP) is 2.56. The average Bonchev–Trinajstić information content (AvgIpc) is 1.97. The molecule has 0 radical (unpaired) electrons. The molecule has 1 nitrogen and oxygen atoms in total. The summed E-state index contributed by atoms with van der Waals surface area (Å²) in [6.07, 6.45) is -5.43. The van der Waals surface area contributed by atoms with Gasteiger partial charge in [0, 0.05) is 7.11 Å². The van der Waals surface area contributed by atoms with Crippen molar-refractivity contribution in [2.24, 2.45) is 5.92 Å². The molecule has 0 saturated heterocycles. The SMILES string of the molecule is CCC(OC)C(CF)C(F)(F)F. The van der Waals surface area contributed by atoms with Crippen LogP contribution in [0, 0.1) is 5.92 Å². The Balaban J connectivity index is 4.31. The van der Waals surface area contributed by atoms with Gasteiger partial charge in [-0.1, -0.05) is 6.92 Å². The molecule has 2 atom stereocenters. The predicted molar refractivity (Wildman–Crippen MR) is 36.6 cm³/mol. The highest BCUT2D eigenvalue weighted by atomic mass is 19.4. The van der Waals surface area contributed by atoms with Gasteiger partial charge >= 0.3 is 6.18 Å². The zero-order valence-corrected chi connectivity index (χ0v) is 6.99. The first-order valence-corrected chi connectivity index (χ1v) is 3.62. The van der Waals surface area contributed by atoms with Crippen molar-refractivity contribution < 1.29 is 22.3 Å². The summed E-state index contributed by atoms with van der Waals surface area (Å²) in [5.41, 5.74) is 0. The molecule has 0 aliphatic rings. The van der Waals surface area contributed by atoms with E-state index in [1.54, 1.807) is 0 Å². The van der Waals surface area contributed by atoms with E-state index in [1.165, 1.54) is 6.92 Å². The zero-order chi connectivity index (χ0) is 9.78. The topological polar surface area (TPSA) is 9.23 Å². The molecule has 0 fully saturated rings. The summed E-state index contributed by atoms with van der Waals surface area (Å²) in [6, 6.07) is 0. The number of hydrogen-bond acceptors (Lipinski definition) is 1. The summed E-state index contributed by atoms with van der Waals surface area (Å²) in [6.45, 7) is 0.110.